The van der Waals surface area contributed by atoms with Gasteiger partial charge in [-0.3, -0.25) is 11.3 Å². The lowest BCUT2D eigenvalue weighted by atomic mass is 10.2. The van der Waals surface area contributed by atoms with E-state index in [1.54, 1.807) is 12.1 Å². The summed E-state index contributed by atoms with van der Waals surface area (Å²) in [6.07, 6.45) is 2.04. The van der Waals surface area contributed by atoms with Gasteiger partial charge in [0.05, 0.1) is 0 Å². The zero-order valence-electron chi connectivity index (χ0n) is 9.53. The molecule has 0 aliphatic carbocycles. The number of hydrazine groups is 1. The summed E-state index contributed by atoms with van der Waals surface area (Å²) < 4.78 is 13.3. The SMILES string of the molecule is CC(C)=CC(CSc1ccccc1F)NN. The van der Waals surface area contributed by atoms with Crippen molar-refractivity contribution >= 4 is 11.8 Å². The first-order valence-electron chi connectivity index (χ1n) is 5.12. The fraction of sp³-hybridized carbons (Fsp3) is 0.333. The molecule has 3 N–H and O–H groups in total. The molecule has 0 aromatic heterocycles. The van der Waals surface area contributed by atoms with Crippen LogP contribution in [0.15, 0.2) is 40.8 Å². The predicted octanol–water partition coefficient (Wildman–Crippen LogP) is 2.72. The minimum absolute atomic E-state index is 0.0645. The molecule has 1 aromatic rings. The van der Waals surface area contributed by atoms with Gasteiger partial charge in [0.2, 0.25) is 0 Å². The van der Waals surface area contributed by atoms with Crippen LogP contribution >= 0.6 is 11.8 Å². The molecule has 2 nitrogen and oxygen atoms in total. The van der Waals surface area contributed by atoms with E-state index in [1.165, 1.54) is 23.4 Å². The lowest BCUT2D eigenvalue weighted by molar-refractivity contribution is 0.601. The van der Waals surface area contributed by atoms with Crippen LogP contribution < -0.4 is 11.3 Å². The summed E-state index contributed by atoms with van der Waals surface area (Å²) in [5, 5.41) is 0. The van der Waals surface area contributed by atoms with Crippen LogP contribution in [0.4, 0.5) is 4.39 Å². The van der Waals surface area contributed by atoms with Crippen LogP contribution in [0.1, 0.15) is 13.8 Å². The third-order valence-electron chi connectivity index (χ3n) is 2.00. The molecule has 0 saturated heterocycles. The highest BCUT2D eigenvalue weighted by molar-refractivity contribution is 7.99. The first-order valence-corrected chi connectivity index (χ1v) is 6.10. The van der Waals surface area contributed by atoms with Crippen LogP contribution in [-0.2, 0) is 0 Å². The molecule has 0 heterocycles. The number of hydrogen-bond acceptors (Lipinski definition) is 3. The van der Waals surface area contributed by atoms with Crippen molar-refractivity contribution < 1.29 is 4.39 Å². The fourth-order valence-electron chi connectivity index (χ4n) is 1.29. The average molecular weight is 240 g/mol. The van der Waals surface area contributed by atoms with Crippen molar-refractivity contribution in [2.24, 2.45) is 5.84 Å². The molecule has 1 unspecified atom stereocenters. The standard InChI is InChI=1S/C12H17FN2S/c1-9(2)7-10(15-14)8-16-12-6-4-3-5-11(12)13/h3-7,10,15H,8,14H2,1-2H3. The van der Waals surface area contributed by atoms with Crippen molar-refractivity contribution in [3.05, 3.63) is 41.7 Å². The molecule has 0 radical (unpaired) electrons. The van der Waals surface area contributed by atoms with Gasteiger partial charge in [0.25, 0.3) is 0 Å². The van der Waals surface area contributed by atoms with Crippen LogP contribution in [-0.4, -0.2) is 11.8 Å². The molecule has 0 amide bonds. The molecular weight excluding hydrogens is 223 g/mol. The predicted molar refractivity (Wildman–Crippen MR) is 67.7 cm³/mol. The molecule has 1 aromatic carbocycles. The van der Waals surface area contributed by atoms with Gasteiger partial charge < -0.3 is 0 Å². The summed E-state index contributed by atoms with van der Waals surface area (Å²) in [5.74, 6) is 5.95. The molecule has 0 saturated carbocycles. The Morgan fingerprint density at radius 3 is 2.75 bits per heavy atom. The van der Waals surface area contributed by atoms with Gasteiger partial charge in [-0.2, -0.15) is 0 Å². The average Bonchev–Trinajstić information content (AvgIpc) is 2.25. The van der Waals surface area contributed by atoms with E-state index in [0.29, 0.717) is 10.6 Å². The summed E-state index contributed by atoms with van der Waals surface area (Å²) in [6.45, 7) is 4.02. The number of hydrogen-bond donors (Lipinski definition) is 2. The topological polar surface area (TPSA) is 38.0 Å². The normalized spacial score (nSPS) is 12.2. The van der Waals surface area contributed by atoms with E-state index in [1.807, 2.05) is 26.0 Å². The Hall–Kier alpha value is -0.840. The van der Waals surface area contributed by atoms with Gasteiger partial charge in [-0.1, -0.05) is 23.8 Å². The highest BCUT2D eigenvalue weighted by Crippen LogP contribution is 2.22. The van der Waals surface area contributed by atoms with Crippen molar-refractivity contribution in [2.45, 2.75) is 24.8 Å². The highest BCUT2D eigenvalue weighted by atomic mass is 32.2. The summed E-state index contributed by atoms with van der Waals surface area (Å²) in [6, 6.07) is 6.82. The summed E-state index contributed by atoms with van der Waals surface area (Å²) in [7, 11) is 0. The van der Waals surface area contributed by atoms with Crippen LogP contribution in [0.5, 0.6) is 0 Å². The quantitative estimate of drug-likeness (QED) is 0.360. The lowest BCUT2D eigenvalue weighted by Gasteiger charge is -2.12. The number of benzene rings is 1. The van der Waals surface area contributed by atoms with Gasteiger partial charge in [0, 0.05) is 16.7 Å². The molecule has 88 valence electrons. The maximum atomic E-state index is 13.3. The van der Waals surface area contributed by atoms with E-state index in [0.717, 1.165) is 0 Å². The Kier molecular flexibility index (Phi) is 5.52. The molecule has 1 atom stereocenters. The second kappa shape index (κ2) is 6.68. The van der Waals surface area contributed by atoms with E-state index in [4.69, 9.17) is 5.84 Å². The third-order valence-corrected chi connectivity index (χ3v) is 3.17. The summed E-state index contributed by atoms with van der Waals surface area (Å²) in [5.41, 5.74) is 3.90. The molecule has 1 rings (SSSR count). The van der Waals surface area contributed by atoms with Gasteiger partial charge in [0.15, 0.2) is 0 Å². The lowest BCUT2D eigenvalue weighted by Crippen LogP contribution is -2.35. The Labute approximate surface area is 100 Å². The van der Waals surface area contributed by atoms with Crippen molar-refractivity contribution in [1.82, 2.24) is 5.43 Å². The van der Waals surface area contributed by atoms with Crippen LogP contribution in [0.25, 0.3) is 0 Å². The Balaban J connectivity index is 2.56. The van der Waals surface area contributed by atoms with E-state index < -0.39 is 0 Å². The second-order valence-electron chi connectivity index (χ2n) is 3.76. The number of nitrogens with two attached hydrogens (primary N) is 1. The Morgan fingerprint density at radius 2 is 2.19 bits per heavy atom. The Morgan fingerprint density at radius 1 is 1.50 bits per heavy atom. The number of rotatable bonds is 5. The van der Waals surface area contributed by atoms with E-state index in [9.17, 15) is 4.39 Å². The van der Waals surface area contributed by atoms with Crippen LogP contribution in [0.2, 0.25) is 0 Å². The van der Waals surface area contributed by atoms with E-state index in [2.05, 4.69) is 5.43 Å². The molecule has 0 bridgehead atoms. The number of allylic oxidation sites excluding steroid dienone is 1. The molecule has 0 spiro atoms. The largest absolute Gasteiger partial charge is 0.271 e. The van der Waals surface area contributed by atoms with Gasteiger partial charge >= 0.3 is 0 Å². The van der Waals surface area contributed by atoms with Crippen molar-refractivity contribution in [2.75, 3.05) is 5.75 Å². The smallest absolute Gasteiger partial charge is 0.136 e. The molecular formula is C12H17FN2S. The second-order valence-corrected chi connectivity index (χ2v) is 4.82. The first-order chi connectivity index (χ1) is 7.63. The maximum absolute atomic E-state index is 13.3. The van der Waals surface area contributed by atoms with Crippen molar-refractivity contribution in [1.29, 1.82) is 0 Å². The van der Waals surface area contributed by atoms with Crippen molar-refractivity contribution in [3.8, 4) is 0 Å². The number of nitrogens with one attached hydrogen (secondary N) is 1. The van der Waals surface area contributed by atoms with Gasteiger partial charge in [-0.15, -0.1) is 11.8 Å². The third kappa shape index (κ3) is 4.35. The zero-order chi connectivity index (χ0) is 12.0. The van der Waals surface area contributed by atoms with Crippen molar-refractivity contribution in [3.63, 3.8) is 0 Å². The van der Waals surface area contributed by atoms with Crippen LogP contribution in [0.3, 0.4) is 0 Å². The molecule has 0 aliphatic heterocycles. The minimum atomic E-state index is -0.180. The number of thioether (sulfide) groups is 1. The zero-order valence-corrected chi connectivity index (χ0v) is 10.4. The fourth-order valence-corrected chi connectivity index (χ4v) is 2.22. The molecule has 0 aliphatic rings. The van der Waals surface area contributed by atoms with Gasteiger partial charge in [0.1, 0.15) is 5.82 Å². The van der Waals surface area contributed by atoms with E-state index >= 15 is 0 Å². The maximum Gasteiger partial charge on any atom is 0.136 e. The van der Waals surface area contributed by atoms with E-state index in [-0.39, 0.29) is 11.9 Å². The minimum Gasteiger partial charge on any atom is -0.271 e. The molecule has 4 heteroatoms. The van der Waals surface area contributed by atoms with Crippen LogP contribution in [0, 0.1) is 5.82 Å². The number of halogens is 1. The highest BCUT2D eigenvalue weighted by Gasteiger charge is 2.06. The first kappa shape index (κ1) is 13.2. The molecule has 16 heavy (non-hydrogen) atoms. The Bertz CT molecular complexity index is 362. The van der Waals surface area contributed by atoms with Gasteiger partial charge in [-0.05, 0) is 26.0 Å². The summed E-state index contributed by atoms with van der Waals surface area (Å²) >= 11 is 1.46. The monoisotopic (exact) mass is 240 g/mol. The summed E-state index contributed by atoms with van der Waals surface area (Å²) in [4.78, 5) is 0.657. The molecule has 0 fully saturated rings. The van der Waals surface area contributed by atoms with Gasteiger partial charge in [-0.25, -0.2) is 4.39 Å².